The number of rotatable bonds is 3. The summed E-state index contributed by atoms with van der Waals surface area (Å²) in [5, 5.41) is 1.96. The molecule has 1 atom stereocenters. The third-order valence-corrected chi connectivity index (χ3v) is 6.11. The van der Waals surface area contributed by atoms with Crippen molar-refractivity contribution in [3.05, 3.63) is 41.2 Å². The summed E-state index contributed by atoms with van der Waals surface area (Å²) >= 11 is 0. The molecule has 2 N–H and O–H groups in total. The highest BCUT2D eigenvalue weighted by Crippen LogP contribution is 2.34. The lowest BCUT2D eigenvalue weighted by Gasteiger charge is -2.20. The number of aromatic nitrogens is 1. The minimum Gasteiger partial charge on any atom is -0.454 e. The van der Waals surface area contributed by atoms with Crippen LogP contribution < -0.4 is 14.8 Å². The SMILES string of the molecule is CS(=O)(=O)C1CC(=O)c2c(C(=O)Nc3ccc4c(c3)OCO4)c[nH]c2C1. The Hall–Kier alpha value is -2.81. The second-order valence-electron chi connectivity index (χ2n) is 6.36. The first-order valence-corrected chi connectivity index (χ1v) is 9.91. The van der Waals surface area contributed by atoms with Crippen molar-refractivity contribution in [2.75, 3.05) is 18.4 Å². The predicted molar refractivity (Wildman–Crippen MR) is 92.6 cm³/mol. The third-order valence-electron chi connectivity index (χ3n) is 4.57. The van der Waals surface area contributed by atoms with Crippen molar-refractivity contribution >= 4 is 27.2 Å². The molecule has 9 heteroatoms. The lowest BCUT2D eigenvalue weighted by molar-refractivity contribution is 0.0957. The van der Waals surface area contributed by atoms with Gasteiger partial charge in [0.2, 0.25) is 6.79 Å². The van der Waals surface area contributed by atoms with Crippen LogP contribution in [-0.4, -0.2) is 43.4 Å². The Morgan fingerprint density at radius 2 is 2.00 bits per heavy atom. The largest absolute Gasteiger partial charge is 0.454 e. The fraction of sp³-hybridized carbons (Fsp3) is 0.294. The van der Waals surface area contributed by atoms with Crippen LogP contribution in [0, 0.1) is 0 Å². The number of anilines is 1. The molecule has 2 aromatic rings. The van der Waals surface area contributed by atoms with E-state index in [-0.39, 0.29) is 36.5 Å². The number of ether oxygens (including phenoxy) is 2. The second-order valence-corrected chi connectivity index (χ2v) is 8.69. The number of hydrogen-bond acceptors (Lipinski definition) is 6. The van der Waals surface area contributed by atoms with E-state index in [0.717, 1.165) is 6.26 Å². The van der Waals surface area contributed by atoms with Gasteiger partial charge in [-0.1, -0.05) is 0 Å². The smallest absolute Gasteiger partial charge is 0.257 e. The molecule has 0 spiro atoms. The number of H-pyrrole nitrogens is 1. The van der Waals surface area contributed by atoms with Crippen molar-refractivity contribution in [3.8, 4) is 11.5 Å². The lowest BCUT2D eigenvalue weighted by atomic mass is 9.93. The van der Waals surface area contributed by atoms with Crippen LogP contribution in [0.15, 0.2) is 24.4 Å². The molecule has 0 saturated carbocycles. The molecule has 1 unspecified atom stereocenters. The fourth-order valence-electron chi connectivity index (χ4n) is 3.21. The molecular weight excluding hydrogens is 360 g/mol. The Kier molecular flexibility index (Phi) is 3.76. The van der Waals surface area contributed by atoms with Gasteiger partial charge in [-0.2, -0.15) is 0 Å². The van der Waals surface area contributed by atoms with E-state index in [4.69, 9.17) is 9.47 Å². The van der Waals surface area contributed by atoms with Crippen LogP contribution in [0.4, 0.5) is 5.69 Å². The van der Waals surface area contributed by atoms with Gasteiger partial charge in [0.15, 0.2) is 27.1 Å². The highest BCUT2D eigenvalue weighted by Gasteiger charge is 2.35. The summed E-state index contributed by atoms with van der Waals surface area (Å²) in [6.45, 7) is 0.133. The van der Waals surface area contributed by atoms with E-state index in [1.165, 1.54) is 6.20 Å². The highest BCUT2D eigenvalue weighted by molar-refractivity contribution is 7.91. The first-order valence-electron chi connectivity index (χ1n) is 7.96. The van der Waals surface area contributed by atoms with Crippen LogP contribution >= 0.6 is 0 Å². The molecule has 0 bridgehead atoms. The predicted octanol–water partition coefficient (Wildman–Crippen LogP) is 1.54. The van der Waals surface area contributed by atoms with E-state index < -0.39 is 21.0 Å². The Morgan fingerprint density at radius 1 is 1.23 bits per heavy atom. The molecule has 1 aliphatic carbocycles. The number of carbonyl (C=O) groups is 2. The van der Waals surface area contributed by atoms with Gasteiger partial charge in [0.1, 0.15) is 0 Å². The molecule has 1 aromatic heterocycles. The molecule has 2 aliphatic rings. The van der Waals surface area contributed by atoms with E-state index in [2.05, 4.69) is 10.3 Å². The maximum absolute atomic E-state index is 12.6. The van der Waals surface area contributed by atoms with Crippen molar-refractivity contribution in [1.82, 2.24) is 4.98 Å². The Bertz CT molecular complexity index is 1020. The second kappa shape index (κ2) is 5.87. The van der Waals surface area contributed by atoms with Crippen molar-refractivity contribution in [3.63, 3.8) is 0 Å². The van der Waals surface area contributed by atoms with Gasteiger partial charge in [-0.25, -0.2) is 8.42 Å². The molecule has 0 saturated heterocycles. The molecule has 1 aliphatic heterocycles. The summed E-state index contributed by atoms with van der Waals surface area (Å²) < 4.78 is 34.0. The third kappa shape index (κ3) is 2.84. The van der Waals surface area contributed by atoms with E-state index in [9.17, 15) is 18.0 Å². The minimum atomic E-state index is -3.33. The molecule has 4 rings (SSSR count). The van der Waals surface area contributed by atoms with Gasteiger partial charge < -0.3 is 19.8 Å². The zero-order chi connectivity index (χ0) is 18.5. The van der Waals surface area contributed by atoms with Gasteiger partial charge >= 0.3 is 0 Å². The van der Waals surface area contributed by atoms with Crippen molar-refractivity contribution in [1.29, 1.82) is 0 Å². The summed E-state index contributed by atoms with van der Waals surface area (Å²) in [6.07, 6.45) is 2.63. The maximum atomic E-state index is 12.6. The number of aromatic amines is 1. The quantitative estimate of drug-likeness (QED) is 0.840. The molecule has 0 fully saturated rings. The standard InChI is InChI=1S/C17H16N2O6S/c1-26(22,23)10-5-12-16(13(20)6-10)11(7-18-12)17(21)19-9-2-3-14-15(4-9)25-8-24-14/h2-4,7,10,18H,5-6,8H2,1H3,(H,19,21). The van der Waals surface area contributed by atoms with Gasteiger partial charge in [0.25, 0.3) is 5.91 Å². The number of hydrogen-bond donors (Lipinski definition) is 2. The van der Waals surface area contributed by atoms with Gasteiger partial charge in [-0.15, -0.1) is 0 Å². The Balaban J connectivity index is 1.59. The van der Waals surface area contributed by atoms with E-state index in [1.54, 1.807) is 18.2 Å². The van der Waals surface area contributed by atoms with Gasteiger partial charge in [0.05, 0.1) is 16.4 Å². The first kappa shape index (κ1) is 16.6. The van der Waals surface area contributed by atoms with Crippen molar-refractivity contribution in [2.45, 2.75) is 18.1 Å². The Labute approximate surface area is 149 Å². The van der Waals surface area contributed by atoms with Gasteiger partial charge in [-0.05, 0) is 12.1 Å². The summed E-state index contributed by atoms with van der Waals surface area (Å²) in [6, 6.07) is 5.00. The topological polar surface area (TPSA) is 115 Å². The number of benzene rings is 1. The Morgan fingerprint density at radius 3 is 2.77 bits per heavy atom. The number of Topliss-reactive ketones (excluding diaryl/α,β-unsaturated/α-hetero) is 1. The normalized spacial score (nSPS) is 18.5. The minimum absolute atomic E-state index is 0.117. The van der Waals surface area contributed by atoms with Gasteiger partial charge in [-0.3, -0.25) is 9.59 Å². The molecular formula is C17H16N2O6S. The van der Waals surface area contributed by atoms with Crippen molar-refractivity contribution in [2.24, 2.45) is 0 Å². The molecule has 1 aromatic carbocycles. The molecule has 136 valence electrons. The monoisotopic (exact) mass is 376 g/mol. The summed E-state index contributed by atoms with van der Waals surface area (Å²) in [5.74, 6) is 0.335. The number of carbonyl (C=O) groups excluding carboxylic acids is 2. The van der Waals surface area contributed by atoms with Crippen LogP contribution in [0.3, 0.4) is 0 Å². The molecule has 1 amide bonds. The summed E-state index contributed by atoms with van der Waals surface area (Å²) in [5.41, 5.74) is 1.46. The molecule has 0 radical (unpaired) electrons. The number of sulfone groups is 1. The van der Waals surface area contributed by atoms with Crippen LogP contribution in [0.5, 0.6) is 11.5 Å². The molecule has 8 nitrogen and oxygen atoms in total. The zero-order valence-corrected chi connectivity index (χ0v) is 14.7. The highest BCUT2D eigenvalue weighted by atomic mass is 32.2. The number of nitrogens with one attached hydrogen (secondary N) is 2. The molecule has 2 heterocycles. The average molecular weight is 376 g/mol. The van der Waals surface area contributed by atoms with E-state index in [0.29, 0.717) is 22.9 Å². The van der Waals surface area contributed by atoms with E-state index >= 15 is 0 Å². The number of amides is 1. The lowest BCUT2D eigenvalue weighted by Crippen LogP contribution is -2.31. The van der Waals surface area contributed by atoms with Crippen LogP contribution in [0.1, 0.15) is 32.8 Å². The number of fused-ring (bicyclic) bond motifs is 2. The fourth-order valence-corrected chi connectivity index (χ4v) is 4.13. The van der Waals surface area contributed by atoms with Crippen LogP contribution in [-0.2, 0) is 16.3 Å². The van der Waals surface area contributed by atoms with Crippen LogP contribution in [0.2, 0.25) is 0 Å². The van der Waals surface area contributed by atoms with Crippen LogP contribution in [0.25, 0.3) is 0 Å². The molecule has 26 heavy (non-hydrogen) atoms. The number of ketones is 1. The zero-order valence-electron chi connectivity index (χ0n) is 13.9. The summed E-state index contributed by atoms with van der Waals surface area (Å²) in [7, 11) is -3.33. The van der Waals surface area contributed by atoms with E-state index in [1.807, 2.05) is 0 Å². The van der Waals surface area contributed by atoms with Crippen molar-refractivity contribution < 1.29 is 27.5 Å². The van der Waals surface area contributed by atoms with Gasteiger partial charge in [0, 0.05) is 42.7 Å². The first-order chi connectivity index (χ1) is 12.3. The maximum Gasteiger partial charge on any atom is 0.257 e. The summed E-state index contributed by atoms with van der Waals surface area (Å²) in [4.78, 5) is 27.9. The average Bonchev–Trinajstić information content (AvgIpc) is 3.19.